The number of amides is 1. The van der Waals surface area contributed by atoms with Gasteiger partial charge in [-0.3, -0.25) is 4.79 Å². The summed E-state index contributed by atoms with van der Waals surface area (Å²) >= 11 is 6.02. The van der Waals surface area contributed by atoms with Crippen molar-refractivity contribution in [3.8, 4) is 0 Å². The summed E-state index contributed by atoms with van der Waals surface area (Å²) < 4.78 is 0. The fourth-order valence-electron chi connectivity index (χ4n) is 2.13. The fraction of sp³-hybridized carbons (Fsp3) is 0.0667. The summed E-state index contributed by atoms with van der Waals surface area (Å²) in [6.07, 6.45) is 3.42. The van der Waals surface area contributed by atoms with Gasteiger partial charge in [0.05, 0.1) is 16.8 Å². The Morgan fingerprint density at radius 2 is 2.15 bits per heavy atom. The van der Waals surface area contributed by atoms with Gasteiger partial charge in [-0.05, 0) is 30.7 Å². The van der Waals surface area contributed by atoms with Crippen LogP contribution in [0.4, 0.5) is 5.69 Å². The first-order chi connectivity index (χ1) is 9.66. The summed E-state index contributed by atoms with van der Waals surface area (Å²) in [5, 5.41) is 4.10. The maximum atomic E-state index is 12.4. The molecule has 1 amide bonds. The van der Waals surface area contributed by atoms with Crippen LogP contribution in [0.2, 0.25) is 5.15 Å². The number of halogens is 1. The molecule has 0 aliphatic rings. The molecule has 2 N–H and O–H groups in total. The van der Waals surface area contributed by atoms with Crippen LogP contribution in [0.1, 0.15) is 15.9 Å². The molecule has 5 heteroatoms. The molecule has 3 rings (SSSR count). The highest BCUT2D eigenvalue weighted by Gasteiger charge is 2.14. The summed E-state index contributed by atoms with van der Waals surface area (Å²) in [6.45, 7) is 1.87. The maximum absolute atomic E-state index is 12.4. The zero-order chi connectivity index (χ0) is 14.1. The van der Waals surface area contributed by atoms with Gasteiger partial charge in [-0.2, -0.15) is 0 Å². The van der Waals surface area contributed by atoms with Crippen LogP contribution in [0.25, 0.3) is 10.9 Å². The van der Waals surface area contributed by atoms with E-state index >= 15 is 0 Å². The van der Waals surface area contributed by atoms with E-state index < -0.39 is 0 Å². The van der Waals surface area contributed by atoms with Crippen molar-refractivity contribution in [1.82, 2.24) is 9.97 Å². The van der Waals surface area contributed by atoms with Gasteiger partial charge in [0.2, 0.25) is 0 Å². The SMILES string of the molecule is Cc1ccnc(Cl)c1NC(=O)c1cccc2cc[nH]c12. The Labute approximate surface area is 120 Å². The number of hydrogen-bond donors (Lipinski definition) is 2. The fourth-order valence-corrected chi connectivity index (χ4v) is 2.38. The summed E-state index contributed by atoms with van der Waals surface area (Å²) in [6, 6.07) is 9.30. The molecule has 0 radical (unpaired) electrons. The van der Waals surface area contributed by atoms with Crippen molar-refractivity contribution in [3.63, 3.8) is 0 Å². The minimum absolute atomic E-state index is 0.212. The number of rotatable bonds is 2. The zero-order valence-electron chi connectivity index (χ0n) is 10.8. The molecule has 0 spiro atoms. The van der Waals surface area contributed by atoms with Crippen molar-refractivity contribution in [1.29, 1.82) is 0 Å². The van der Waals surface area contributed by atoms with E-state index in [2.05, 4.69) is 15.3 Å². The summed E-state index contributed by atoms with van der Waals surface area (Å²) in [5.74, 6) is -0.212. The smallest absolute Gasteiger partial charge is 0.257 e. The van der Waals surface area contributed by atoms with Crippen LogP contribution in [0.5, 0.6) is 0 Å². The molecule has 0 unspecified atom stereocenters. The minimum Gasteiger partial charge on any atom is -0.361 e. The number of aromatic amines is 1. The van der Waals surface area contributed by atoms with Gasteiger partial charge >= 0.3 is 0 Å². The number of carbonyl (C=O) groups is 1. The average Bonchev–Trinajstić information content (AvgIpc) is 2.91. The molecule has 0 aliphatic heterocycles. The Bertz CT molecular complexity index is 774. The Morgan fingerprint density at radius 3 is 2.95 bits per heavy atom. The number of anilines is 1. The number of nitrogens with one attached hydrogen (secondary N) is 2. The Hall–Kier alpha value is -2.33. The van der Waals surface area contributed by atoms with Gasteiger partial charge in [0.15, 0.2) is 5.15 Å². The van der Waals surface area contributed by atoms with E-state index in [4.69, 9.17) is 11.6 Å². The van der Waals surface area contributed by atoms with Crippen molar-refractivity contribution in [2.24, 2.45) is 0 Å². The average molecular weight is 286 g/mol. The van der Waals surface area contributed by atoms with Crippen molar-refractivity contribution in [2.75, 3.05) is 5.32 Å². The number of carbonyl (C=O) groups excluding carboxylic acids is 1. The second-order valence-corrected chi connectivity index (χ2v) is 4.85. The monoisotopic (exact) mass is 285 g/mol. The largest absolute Gasteiger partial charge is 0.361 e. The molecule has 0 saturated heterocycles. The number of aryl methyl sites for hydroxylation is 1. The molecule has 0 bridgehead atoms. The summed E-state index contributed by atoms with van der Waals surface area (Å²) in [4.78, 5) is 19.5. The lowest BCUT2D eigenvalue weighted by Gasteiger charge is -2.10. The predicted molar refractivity (Wildman–Crippen MR) is 80.2 cm³/mol. The van der Waals surface area contributed by atoms with E-state index in [9.17, 15) is 4.79 Å². The molecule has 2 heterocycles. The molecule has 0 fully saturated rings. The number of fused-ring (bicyclic) bond motifs is 1. The van der Waals surface area contributed by atoms with Crippen molar-refractivity contribution >= 4 is 34.1 Å². The van der Waals surface area contributed by atoms with Gasteiger partial charge in [-0.1, -0.05) is 23.7 Å². The third-order valence-electron chi connectivity index (χ3n) is 3.18. The minimum atomic E-state index is -0.212. The maximum Gasteiger partial charge on any atom is 0.257 e. The molecular weight excluding hydrogens is 274 g/mol. The normalized spacial score (nSPS) is 10.7. The molecule has 4 nitrogen and oxygen atoms in total. The quantitative estimate of drug-likeness (QED) is 0.704. The van der Waals surface area contributed by atoms with Crippen LogP contribution in [-0.4, -0.2) is 15.9 Å². The first-order valence-corrected chi connectivity index (χ1v) is 6.53. The van der Waals surface area contributed by atoms with E-state index in [0.717, 1.165) is 16.5 Å². The van der Waals surface area contributed by atoms with E-state index in [1.807, 2.05) is 31.3 Å². The molecule has 2 aromatic heterocycles. The highest BCUT2D eigenvalue weighted by molar-refractivity contribution is 6.33. The number of nitrogens with zero attached hydrogens (tertiary/aromatic N) is 1. The Balaban J connectivity index is 2.00. The van der Waals surface area contributed by atoms with E-state index in [1.165, 1.54) is 0 Å². The highest BCUT2D eigenvalue weighted by Crippen LogP contribution is 2.24. The van der Waals surface area contributed by atoms with E-state index in [0.29, 0.717) is 11.3 Å². The number of aromatic nitrogens is 2. The highest BCUT2D eigenvalue weighted by atomic mass is 35.5. The van der Waals surface area contributed by atoms with Crippen LogP contribution in [-0.2, 0) is 0 Å². The lowest BCUT2D eigenvalue weighted by Crippen LogP contribution is -2.14. The molecule has 3 aromatic rings. The number of pyridine rings is 1. The van der Waals surface area contributed by atoms with Gasteiger partial charge in [-0.25, -0.2) is 4.98 Å². The zero-order valence-corrected chi connectivity index (χ0v) is 11.5. The van der Waals surface area contributed by atoms with Gasteiger partial charge in [0.25, 0.3) is 5.91 Å². The first kappa shape index (κ1) is 12.7. The van der Waals surface area contributed by atoms with Gasteiger partial charge in [-0.15, -0.1) is 0 Å². The number of para-hydroxylation sites is 1. The Kier molecular flexibility index (Phi) is 3.16. The number of benzene rings is 1. The third-order valence-corrected chi connectivity index (χ3v) is 3.47. The lowest BCUT2D eigenvalue weighted by molar-refractivity contribution is 0.102. The van der Waals surface area contributed by atoms with Gasteiger partial charge < -0.3 is 10.3 Å². The molecule has 20 heavy (non-hydrogen) atoms. The first-order valence-electron chi connectivity index (χ1n) is 6.15. The van der Waals surface area contributed by atoms with Crippen molar-refractivity contribution in [2.45, 2.75) is 6.92 Å². The summed E-state index contributed by atoms with van der Waals surface area (Å²) in [7, 11) is 0. The van der Waals surface area contributed by atoms with Gasteiger partial charge in [0.1, 0.15) is 0 Å². The predicted octanol–water partition coefficient (Wildman–Crippen LogP) is 3.78. The molecule has 100 valence electrons. The molecular formula is C15H12ClN3O. The van der Waals surface area contributed by atoms with Crippen LogP contribution >= 0.6 is 11.6 Å². The third kappa shape index (κ3) is 2.14. The second-order valence-electron chi connectivity index (χ2n) is 4.50. The standard InChI is InChI=1S/C15H12ClN3O/c1-9-5-7-18-14(16)12(9)19-15(20)11-4-2-3-10-6-8-17-13(10)11/h2-8,17H,1H3,(H,19,20). The number of hydrogen-bond acceptors (Lipinski definition) is 2. The van der Waals surface area contributed by atoms with Crippen LogP contribution in [0, 0.1) is 6.92 Å². The lowest BCUT2D eigenvalue weighted by atomic mass is 10.1. The van der Waals surface area contributed by atoms with Crippen LogP contribution in [0.15, 0.2) is 42.7 Å². The number of H-pyrrole nitrogens is 1. The van der Waals surface area contributed by atoms with E-state index in [-0.39, 0.29) is 11.1 Å². The van der Waals surface area contributed by atoms with Gasteiger partial charge in [0, 0.05) is 17.8 Å². The van der Waals surface area contributed by atoms with Crippen molar-refractivity contribution in [3.05, 3.63) is 59.0 Å². The Morgan fingerprint density at radius 1 is 1.30 bits per heavy atom. The second kappa shape index (κ2) is 4.98. The molecule has 1 aromatic carbocycles. The van der Waals surface area contributed by atoms with Crippen LogP contribution < -0.4 is 5.32 Å². The van der Waals surface area contributed by atoms with Crippen molar-refractivity contribution < 1.29 is 4.79 Å². The summed E-state index contributed by atoms with van der Waals surface area (Å²) in [5.41, 5.74) is 2.80. The molecule has 0 atom stereocenters. The topological polar surface area (TPSA) is 57.8 Å². The molecule has 0 aliphatic carbocycles. The van der Waals surface area contributed by atoms with E-state index in [1.54, 1.807) is 18.3 Å². The molecule has 0 saturated carbocycles. The van der Waals surface area contributed by atoms with Crippen LogP contribution in [0.3, 0.4) is 0 Å².